The van der Waals surface area contributed by atoms with Gasteiger partial charge in [-0.2, -0.15) is 0 Å². The number of aromatic carboxylic acids is 1. The lowest BCUT2D eigenvalue weighted by atomic mass is 9.88. The van der Waals surface area contributed by atoms with Crippen molar-refractivity contribution in [1.82, 2.24) is 4.90 Å². The molecule has 1 fully saturated rings. The van der Waals surface area contributed by atoms with Gasteiger partial charge in [0.2, 0.25) is 0 Å². The normalized spacial score (nSPS) is 14.8. The van der Waals surface area contributed by atoms with Crippen LogP contribution in [0.25, 0.3) is 0 Å². The zero-order valence-electron chi connectivity index (χ0n) is 14.3. The van der Waals surface area contributed by atoms with Gasteiger partial charge in [0.05, 0.1) is 11.1 Å². The molecule has 0 unspecified atom stereocenters. The lowest BCUT2D eigenvalue weighted by molar-refractivity contribution is 0.0644. The Morgan fingerprint density at radius 2 is 1.59 bits per heavy atom. The SMILES string of the molecule is O=C(O)c1ccc(C(=O)N2CCC(C(=O)c3ccc(Cl)cc3)CC2)c(F)c1. The van der Waals surface area contributed by atoms with Crippen LogP contribution < -0.4 is 0 Å². The number of likely N-dealkylation sites (tertiary alicyclic amines) is 1. The molecule has 7 heteroatoms. The largest absolute Gasteiger partial charge is 0.478 e. The van der Waals surface area contributed by atoms with Crippen LogP contribution in [-0.4, -0.2) is 40.8 Å². The molecule has 0 saturated carbocycles. The molecule has 0 aliphatic carbocycles. The molecule has 5 nitrogen and oxygen atoms in total. The molecule has 0 radical (unpaired) electrons. The fourth-order valence-electron chi connectivity index (χ4n) is 3.19. The lowest BCUT2D eigenvalue weighted by Gasteiger charge is -2.31. The van der Waals surface area contributed by atoms with E-state index in [1.165, 1.54) is 17.0 Å². The molecular weight excluding hydrogens is 373 g/mol. The summed E-state index contributed by atoms with van der Waals surface area (Å²) < 4.78 is 14.1. The average Bonchev–Trinajstić information content (AvgIpc) is 2.67. The fourth-order valence-corrected chi connectivity index (χ4v) is 3.31. The molecule has 3 rings (SSSR count). The monoisotopic (exact) mass is 389 g/mol. The fraction of sp³-hybridized carbons (Fsp3) is 0.250. The molecule has 1 heterocycles. The van der Waals surface area contributed by atoms with Gasteiger partial charge in [0, 0.05) is 29.6 Å². The zero-order chi connectivity index (χ0) is 19.6. The van der Waals surface area contributed by atoms with Crippen LogP contribution in [-0.2, 0) is 0 Å². The van der Waals surface area contributed by atoms with Crippen molar-refractivity contribution in [2.24, 2.45) is 5.92 Å². The summed E-state index contributed by atoms with van der Waals surface area (Å²) in [4.78, 5) is 37.4. The Hall–Kier alpha value is -2.73. The zero-order valence-corrected chi connectivity index (χ0v) is 15.1. The number of hydrogen-bond donors (Lipinski definition) is 1. The van der Waals surface area contributed by atoms with Gasteiger partial charge in [0.1, 0.15) is 5.82 Å². The number of halogens is 2. The van der Waals surface area contributed by atoms with Gasteiger partial charge in [-0.15, -0.1) is 0 Å². The van der Waals surface area contributed by atoms with E-state index in [9.17, 15) is 18.8 Å². The van der Waals surface area contributed by atoms with Gasteiger partial charge in [-0.25, -0.2) is 9.18 Å². The number of carbonyl (C=O) groups excluding carboxylic acids is 2. The van der Waals surface area contributed by atoms with Crippen molar-refractivity contribution < 1.29 is 23.9 Å². The minimum atomic E-state index is -1.26. The van der Waals surface area contributed by atoms with Crippen molar-refractivity contribution in [2.45, 2.75) is 12.8 Å². The maximum Gasteiger partial charge on any atom is 0.335 e. The van der Waals surface area contributed by atoms with Crippen LogP contribution in [0.4, 0.5) is 4.39 Å². The summed E-state index contributed by atoms with van der Waals surface area (Å²) in [5.41, 5.74) is 0.207. The number of piperidine rings is 1. The number of hydrogen-bond acceptors (Lipinski definition) is 3. The van der Waals surface area contributed by atoms with E-state index in [-0.39, 0.29) is 22.8 Å². The Morgan fingerprint density at radius 3 is 2.15 bits per heavy atom. The molecular formula is C20H17ClFNO4. The molecule has 2 aromatic carbocycles. The molecule has 1 N–H and O–H groups in total. The van der Waals surface area contributed by atoms with Crippen molar-refractivity contribution >= 4 is 29.3 Å². The Morgan fingerprint density at radius 1 is 1.00 bits per heavy atom. The first-order valence-corrected chi connectivity index (χ1v) is 8.86. The summed E-state index contributed by atoms with van der Waals surface area (Å²) in [7, 11) is 0. The number of amides is 1. The Bertz CT molecular complexity index is 889. The first-order chi connectivity index (χ1) is 12.9. The van der Waals surface area contributed by atoms with Gasteiger partial charge in [-0.05, 0) is 55.3 Å². The van der Waals surface area contributed by atoms with E-state index in [2.05, 4.69) is 0 Å². The number of carboxylic acids is 1. The van der Waals surface area contributed by atoms with E-state index in [0.29, 0.717) is 36.5 Å². The topological polar surface area (TPSA) is 74.7 Å². The molecule has 27 heavy (non-hydrogen) atoms. The predicted octanol–water partition coefficient (Wildman–Crippen LogP) is 3.91. The Kier molecular flexibility index (Phi) is 5.56. The van der Waals surface area contributed by atoms with E-state index in [4.69, 9.17) is 16.7 Å². The number of benzene rings is 2. The van der Waals surface area contributed by atoms with Crippen LogP contribution in [0.1, 0.15) is 43.9 Å². The van der Waals surface area contributed by atoms with Crippen molar-refractivity contribution in [3.05, 3.63) is 70.0 Å². The highest BCUT2D eigenvalue weighted by Crippen LogP contribution is 2.24. The average molecular weight is 390 g/mol. The van der Waals surface area contributed by atoms with Crippen molar-refractivity contribution in [1.29, 1.82) is 0 Å². The molecule has 1 amide bonds. The summed E-state index contributed by atoms with van der Waals surface area (Å²) in [5, 5.41) is 9.43. The molecule has 1 aliphatic heterocycles. The van der Waals surface area contributed by atoms with Gasteiger partial charge >= 0.3 is 5.97 Å². The van der Waals surface area contributed by atoms with Crippen molar-refractivity contribution in [3.63, 3.8) is 0 Å². The van der Waals surface area contributed by atoms with Crippen LogP contribution in [0.5, 0.6) is 0 Å². The standard InChI is InChI=1S/C20H17ClFNO4/c21-15-4-1-12(2-5-15)18(24)13-7-9-23(10-8-13)19(25)16-6-3-14(20(26)27)11-17(16)22/h1-6,11,13H,7-10H2,(H,26,27). The van der Waals surface area contributed by atoms with E-state index < -0.39 is 17.7 Å². The minimum absolute atomic E-state index is 0.00996. The molecule has 0 bridgehead atoms. The molecule has 1 saturated heterocycles. The minimum Gasteiger partial charge on any atom is -0.478 e. The maximum absolute atomic E-state index is 14.1. The predicted molar refractivity (Wildman–Crippen MR) is 97.8 cm³/mol. The van der Waals surface area contributed by atoms with Crippen LogP contribution in [0.15, 0.2) is 42.5 Å². The molecule has 0 aromatic heterocycles. The second kappa shape index (κ2) is 7.88. The summed E-state index contributed by atoms with van der Waals surface area (Å²) in [6, 6.07) is 9.92. The molecule has 1 aliphatic rings. The highest BCUT2D eigenvalue weighted by Gasteiger charge is 2.29. The van der Waals surface area contributed by atoms with Crippen LogP contribution in [0.3, 0.4) is 0 Å². The van der Waals surface area contributed by atoms with E-state index in [1.807, 2.05) is 0 Å². The number of carbonyl (C=O) groups is 3. The first-order valence-electron chi connectivity index (χ1n) is 8.48. The quantitative estimate of drug-likeness (QED) is 0.804. The number of carboxylic acid groups (broad SMARTS) is 1. The van der Waals surface area contributed by atoms with Crippen molar-refractivity contribution in [3.8, 4) is 0 Å². The number of Topliss-reactive ketones (excluding diaryl/α,β-unsaturated/α-hetero) is 1. The third-order valence-electron chi connectivity index (χ3n) is 4.73. The van der Waals surface area contributed by atoms with Crippen LogP contribution in [0.2, 0.25) is 5.02 Å². The van der Waals surface area contributed by atoms with E-state index in [0.717, 1.165) is 6.07 Å². The van der Waals surface area contributed by atoms with Gasteiger partial charge < -0.3 is 10.0 Å². The first kappa shape index (κ1) is 19.0. The number of rotatable bonds is 4. The third-order valence-corrected chi connectivity index (χ3v) is 4.98. The molecule has 2 aromatic rings. The van der Waals surface area contributed by atoms with Gasteiger partial charge in [-0.1, -0.05) is 11.6 Å². The van der Waals surface area contributed by atoms with E-state index in [1.54, 1.807) is 24.3 Å². The summed E-state index contributed by atoms with van der Waals surface area (Å²) >= 11 is 5.84. The molecule has 140 valence electrons. The van der Waals surface area contributed by atoms with Gasteiger partial charge in [0.15, 0.2) is 5.78 Å². The molecule has 0 spiro atoms. The van der Waals surface area contributed by atoms with E-state index >= 15 is 0 Å². The molecule has 0 atom stereocenters. The summed E-state index contributed by atoms with van der Waals surface area (Å²) in [5.74, 6) is -2.80. The number of ketones is 1. The van der Waals surface area contributed by atoms with Gasteiger partial charge in [0.25, 0.3) is 5.91 Å². The Labute approximate surface area is 160 Å². The van der Waals surface area contributed by atoms with Crippen LogP contribution in [0, 0.1) is 11.7 Å². The van der Waals surface area contributed by atoms with Crippen molar-refractivity contribution in [2.75, 3.05) is 13.1 Å². The smallest absolute Gasteiger partial charge is 0.335 e. The second-order valence-corrected chi connectivity index (χ2v) is 6.87. The van der Waals surface area contributed by atoms with Crippen LogP contribution >= 0.6 is 11.6 Å². The second-order valence-electron chi connectivity index (χ2n) is 6.44. The highest BCUT2D eigenvalue weighted by molar-refractivity contribution is 6.30. The summed E-state index contributed by atoms with van der Waals surface area (Å²) in [6.07, 6.45) is 0.976. The third kappa shape index (κ3) is 4.17. The maximum atomic E-state index is 14.1. The highest BCUT2D eigenvalue weighted by atomic mass is 35.5. The number of nitrogens with zero attached hydrogens (tertiary/aromatic N) is 1. The Balaban J connectivity index is 1.65. The summed E-state index contributed by atoms with van der Waals surface area (Å²) in [6.45, 7) is 0.673. The van der Waals surface area contributed by atoms with Gasteiger partial charge in [-0.3, -0.25) is 9.59 Å². The lowest BCUT2D eigenvalue weighted by Crippen LogP contribution is -2.40.